The molecule has 19 heteroatoms. The summed E-state index contributed by atoms with van der Waals surface area (Å²) in [4.78, 5) is 72.9. The summed E-state index contributed by atoms with van der Waals surface area (Å²) in [6.07, 6.45) is 74.5. The molecule has 582 valence electrons. The van der Waals surface area contributed by atoms with E-state index in [4.69, 9.17) is 37.0 Å². The SMILES string of the molecule is CCCCC/C=C\C/C=C\C/C=C\C/C=C\CCCC(=O)O[C@H](COC(=O)CCCCCCC/C=C\C/C=C\CCCCC)COP(=O)(O)OC[C@H](O)COP(=O)(O)OC[C@@H](COC(=O)CCCCCCCCCCCCCCCCC)OC(=O)CCCCCCCCCCCCCCC. The second-order valence-electron chi connectivity index (χ2n) is 27.0. The van der Waals surface area contributed by atoms with E-state index < -0.39 is 97.5 Å². The van der Waals surface area contributed by atoms with E-state index in [1.807, 2.05) is 12.2 Å². The van der Waals surface area contributed by atoms with E-state index in [1.165, 1.54) is 161 Å². The average molecular weight is 1450 g/mol. The molecule has 0 aromatic rings. The molecule has 0 saturated heterocycles. The Morgan fingerprint density at radius 2 is 0.500 bits per heavy atom. The van der Waals surface area contributed by atoms with Gasteiger partial charge in [0.05, 0.1) is 26.4 Å². The number of ether oxygens (including phenoxy) is 4. The van der Waals surface area contributed by atoms with Crippen molar-refractivity contribution in [3.63, 3.8) is 0 Å². The number of hydrogen-bond donors (Lipinski definition) is 3. The van der Waals surface area contributed by atoms with Gasteiger partial charge in [-0.15, -0.1) is 0 Å². The zero-order chi connectivity index (χ0) is 73.2. The number of allylic oxidation sites excluding steroid dienone is 12. The van der Waals surface area contributed by atoms with Crippen LogP contribution in [0.5, 0.6) is 0 Å². The Hall–Kier alpha value is -3.50. The molecule has 0 bridgehead atoms. The Bertz CT molecular complexity index is 2180. The third kappa shape index (κ3) is 72.8. The molecule has 17 nitrogen and oxygen atoms in total. The molecule has 0 aliphatic carbocycles. The molecule has 0 aliphatic heterocycles. The second kappa shape index (κ2) is 73.8. The van der Waals surface area contributed by atoms with Crippen LogP contribution in [0.3, 0.4) is 0 Å². The first-order valence-electron chi connectivity index (χ1n) is 40.2. The normalized spacial score (nSPS) is 14.3. The standard InChI is InChI=1S/C81H146O17P2/c1-5-9-13-17-21-25-29-33-36-37-40-44-48-52-56-60-64-68-81(86)98-77(72-92-79(84)66-62-58-54-50-46-43-39-35-31-27-23-19-15-11-7-3)74-96-100(89,90)94-70-75(82)69-93-99(87,88)95-73-76(97-80(85)67-63-59-55-51-47-41-32-28-24-20-16-12-8-4)71-91-78(83)65-61-57-53-49-45-42-38-34-30-26-22-18-14-10-6-2/h21,23,25,27,33,35-36,39-40,44,52,56,75-77,82H,5-20,22,24,26,28-32,34,37-38,41-43,45-51,53-55,57-74H2,1-4H3,(H,87,88)(H,89,90)/b25-21-,27-23-,36-33-,39-35-,44-40-,56-52-/t75-,76-,77-/m1/s1. The van der Waals surface area contributed by atoms with E-state index in [2.05, 4.69) is 88.5 Å². The first-order valence-corrected chi connectivity index (χ1v) is 43.2. The van der Waals surface area contributed by atoms with Crippen molar-refractivity contribution in [2.75, 3.05) is 39.6 Å². The molecule has 0 spiro atoms. The average Bonchev–Trinajstić information content (AvgIpc) is 0.962. The van der Waals surface area contributed by atoms with Gasteiger partial charge in [-0.25, -0.2) is 9.13 Å². The largest absolute Gasteiger partial charge is 0.472 e. The minimum atomic E-state index is -4.99. The number of carbonyl (C=O) groups is 4. The molecule has 0 amide bonds. The summed E-state index contributed by atoms with van der Waals surface area (Å²) in [5, 5.41) is 10.6. The van der Waals surface area contributed by atoms with Crippen LogP contribution in [0.15, 0.2) is 72.9 Å². The zero-order valence-corrected chi connectivity index (χ0v) is 65.4. The maximum atomic E-state index is 13.1. The van der Waals surface area contributed by atoms with Gasteiger partial charge in [0.25, 0.3) is 0 Å². The number of rotatable bonds is 76. The number of unbranched alkanes of at least 4 members (excludes halogenated alkanes) is 38. The topological polar surface area (TPSA) is 237 Å². The van der Waals surface area contributed by atoms with Crippen LogP contribution < -0.4 is 0 Å². The Kier molecular flexibility index (Phi) is 71.2. The van der Waals surface area contributed by atoms with Crippen LogP contribution >= 0.6 is 15.6 Å². The highest BCUT2D eigenvalue weighted by Crippen LogP contribution is 2.45. The molecule has 0 aromatic heterocycles. The molecular formula is C81H146O17P2. The number of carbonyl (C=O) groups excluding carboxylic acids is 4. The summed E-state index contributed by atoms with van der Waals surface area (Å²) in [6, 6.07) is 0. The Labute approximate surface area is 609 Å². The molecule has 2 unspecified atom stereocenters. The maximum absolute atomic E-state index is 13.1. The van der Waals surface area contributed by atoms with Gasteiger partial charge in [0, 0.05) is 25.7 Å². The van der Waals surface area contributed by atoms with Crippen LogP contribution in [0.4, 0.5) is 0 Å². The van der Waals surface area contributed by atoms with Crippen LogP contribution in [-0.4, -0.2) is 96.7 Å². The van der Waals surface area contributed by atoms with Crippen molar-refractivity contribution in [1.29, 1.82) is 0 Å². The van der Waals surface area contributed by atoms with Crippen molar-refractivity contribution in [2.24, 2.45) is 0 Å². The van der Waals surface area contributed by atoms with Gasteiger partial charge >= 0.3 is 39.5 Å². The molecule has 0 saturated carbocycles. The number of phosphoric acid groups is 2. The molecule has 0 fully saturated rings. The number of hydrogen-bond acceptors (Lipinski definition) is 15. The highest BCUT2D eigenvalue weighted by molar-refractivity contribution is 7.47. The summed E-state index contributed by atoms with van der Waals surface area (Å²) < 4.78 is 68.5. The van der Waals surface area contributed by atoms with Gasteiger partial charge in [-0.05, 0) is 96.3 Å². The molecule has 100 heavy (non-hydrogen) atoms. The molecule has 0 aliphatic rings. The third-order valence-electron chi connectivity index (χ3n) is 17.2. The lowest BCUT2D eigenvalue weighted by Gasteiger charge is -2.21. The van der Waals surface area contributed by atoms with Gasteiger partial charge in [0.15, 0.2) is 12.2 Å². The van der Waals surface area contributed by atoms with Gasteiger partial charge in [0.2, 0.25) is 0 Å². The fourth-order valence-corrected chi connectivity index (χ4v) is 12.6. The van der Waals surface area contributed by atoms with Crippen LogP contribution in [0.25, 0.3) is 0 Å². The lowest BCUT2D eigenvalue weighted by Crippen LogP contribution is -2.30. The smallest absolute Gasteiger partial charge is 0.462 e. The van der Waals surface area contributed by atoms with Gasteiger partial charge in [-0.1, -0.05) is 312 Å². The quantitative estimate of drug-likeness (QED) is 0.0169. The number of aliphatic hydroxyl groups is 1. The van der Waals surface area contributed by atoms with Crippen LogP contribution in [-0.2, 0) is 65.4 Å². The summed E-state index contributed by atoms with van der Waals surface area (Å²) in [5.41, 5.74) is 0. The van der Waals surface area contributed by atoms with Crippen molar-refractivity contribution in [3.05, 3.63) is 72.9 Å². The second-order valence-corrected chi connectivity index (χ2v) is 29.9. The maximum Gasteiger partial charge on any atom is 0.472 e. The summed E-state index contributed by atoms with van der Waals surface area (Å²) in [7, 11) is -9.96. The Balaban J connectivity index is 5.38. The zero-order valence-electron chi connectivity index (χ0n) is 63.6. The van der Waals surface area contributed by atoms with Gasteiger partial charge < -0.3 is 33.8 Å². The van der Waals surface area contributed by atoms with Gasteiger partial charge in [0.1, 0.15) is 19.3 Å². The highest BCUT2D eigenvalue weighted by atomic mass is 31.2. The van der Waals surface area contributed by atoms with Crippen LogP contribution in [0.2, 0.25) is 0 Å². The minimum Gasteiger partial charge on any atom is -0.462 e. The molecule has 0 rings (SSSR count). The van der Waals surface area contributed by atoms with Crippen LogP contribution in [0.1, 0.15) is 362 Å². The van der Waals surface area contributed by atoms with Gasteiger partial charge in [-0.3, -0.25) is 37.3 Å². The fourth-order valence-electron chi connectivity index (χ4n) is 11.0. The molecule has 3 N–H and O–H groups in total. The van der Waals surface area contributed by atoms with E-state index >= 15 is 0 Å². The number of phosphoric ester groups is 2. The monoisotopic (exact) mass is 1450 g/mol. The molecule has 0 radical (unpaired) electrons. The van der Waals surface area contributed by atoms with E-state index in [0.29, 0.717) is 32.1 Å². The highest BCUT2D eigenvalue weighted by Gasteiger charge is 2.30. The van der Waals surface area contributed by atoms with Crippen molar-refractivity contribution in [1.82, 2.24) is 0 Å². The molecule has 0 heterocycles. The van der Waals surface area contributed by atoms with E-state index in [1.54, 1.807) is 0 Å². The summed E-state index contributed by atoms with van der Waals surface area (Å²) in [6.45, 7) is 4.81. The van der Waals surface area contributed by atoms with E-state index in [9.17, 15) is 43.2 Å². The fraction of sp³-hybridized carbons (Fsp3) is 0.802. The Morgan fingerprint density at radius 1 is 0.280 bits per heavy atom. The van der Waals surface area contributed by atoms with E-state index in [-0.39, 0.29) is 25.7 Å². The first-order chi connectivity index (χ1) is 48.7. The van der Waals surface area contributed by atoms with Crippen molar-refractivity contribution in [3.8, 4) is 0 Å². The lowest BCUT2D eigenvalue weighted by atomic mass is 10.0. The third-order valence-corrected chi connectivity index (χ3v) is 19.1. The summed E-state index contributed by atoms with van der Waals surface area (Å²) >= 11 is 0. The summed E-state index contributed by atoms with van der Waals surface area (Å²) in [5.74, 6) is -2.22. The molecule has 0 aromatic carbocycles. The minimum absolute atomic E-state index is 0.0186. The molecular weight excluding hydrogens is 1310 g/mol. The van der Waals surface area contributed by atoms with Gasteiger partial charge in [-0.2, -0.15) is 0 Å². The number of aliphatic hydroxyl groups excluding tert-OH is 1. The predicted molar refractivity (Wildman–Crippen MR) is 409 cm³/mol. The van der Waals surface area contributed by atoms with Crippen molar-refractivity contribution >= 4 is 39.5 Å². The number of esters is 4. The van der Waals surface area contributed by atoms with E-state index in [0.717, 1.165) is 116 Å². The Morgan fingerprint density at radius 3 is 0.810 bits per heavy atom. The molecule has 5 atom stereocenters. The predicted octanol–water partition coefficient (Wildman–Crippen LogP) is 23.2. The first kappa shape index (κ1) is 96.5. The lowest BCUT2D eigenvalue weighted by molar-refractivity contribution is -0.161. The van der Waals surface area contributed by atoms with Crippen molar-refractivity contribution in [2.45, 2.75) is 380 Å². The van der Waals surface area contributed by atoms with Crippen molar-refractivity contribution < 1.29 is 80.2 Å². The van der Waals surface area contributed by atoms with Crippen LogP contribution in [0, 0.1) is 0 Å².